The van der Waals surface area contributed by atoms with Crippen molar-refractivity contribution in [1.82, 2.24) is 25.1 Å². The molecule has 1 N–H and O–H groups in total. The molecule has 32 heavy (non-hydrogen) atoms. The van der Waals surface area contributed by atoms with Crippen LogP contribution in [-0.2, 0) is 11.2 Å². The molecule has 8 nitrogen and oxygen atoms in total. The van der Waals surface area contributed by atoms with Gasteiger partial charge in [-0.25, -0.2) is 4.98 Å². The summed E-state index contributed by atoms with van der Waals surface area (Å²) in [5, 5.41) is 3.03. The van der Waals surface area contributed by atoms with Gasteiger partial charge in [-0.15, -0.1) is 0 Å². The standard InChI is InChI=1S/C24H31N5O3/c1-4-32-24-26-15-13-20(27-24)23(31)29(3)19(17-18-9-6-5-7-10-18)12-14-25-22(30)21-11-8-16-28(21)2/h5-10,13,15-16,19,21H,4,11-12,14,17H2,1-3H3,(H,25,30)/t19-,21?/m1/s1. The number of ether oxygens (including phenoxy) is 1. The van der Waals surface area contributed by atoms with Crippen molar-refractivity contribution in [3.8, 4) is 6.01 Å². The van der Waals surface area contributed by atoms with Crippen LogP contribution in [0.3, 0.4) is 0 Å². The van der Waals surface area contributed by atoms with Gasteiger partial charge in [0.15, 0.2) is 0 Å². The molecule has 0 bridgehead atoms. The van der Waals surface area contributed by atoms with Crippen molar-refractivity contribution in [3.05, 3.63) is 66.1 Å². The van der Waals surface area contributed by atoms with Gasteiger partial charge in [0.05, 0.1) is 6.61 Å². The molecule has 2 heterocycles. The van der Waals surface area contributed by atoms with E-state index in [9.17, 15) is 9.59 Å². The van der Waals surface area contributed by atoms with Crippen molar-refractivity contribution in [2.75, 3.05) is 27.2 Å². The van der Waals surface area contributed by atoms with E-state index < -0.39 is 0 Å². The number of aromatic nitrogens is 2. The van der Waals surface area contributed by atoms with Crippen molar-refractivity contribution in [3.63, 3.8) is 0 Å². The highest BCUT2D eigenvalue weighted by molar-refractivity contribution is 5.92. The van der Waals surface area contributed by atoms with Gasteiger partial charge in [-0.05, 0) is 44.0 Å². The van der Waals surface area contributed by atoms with Crippen molar-refractivity contribution in [1.29, 1.82) is 0 Å². The molecular weight excluding hydrogens is 406 g/mol. The zero-order valence-corrected chi connectivity index (χ0v) is 18.9. The minimum atomic E-state index is -0.208. The maximum Gasteiger partial charge on any atom is 0.317 e. The Morgan fingerprint density at radius 1 is 1.28 bits per heavy atom. The molecule has 2 amide bonds. The fourth-order valence-corrected chi connectivity index (χ4v) is 3.72. The maximum absolute atomic E-state index is 13.2. The van der Waals surface area contributed by atoms with Crippen LogP contribution >= 0.6 is 0 Å². The zero-order valence-electron chi connectivity index (χ0n) is 18.9. The number of hydrogen-bond donors (Lipinski definition) is 1. The Kier molecular flexibility index (Phi) is 8.19. The van der Waals surface area contributed by atoms with Crippen molar-refractivity contribution >= 4 is 11.8 Å². The molecule has 0 spiro atoms. The largest absolute Gasteiger partial charge is 0.464 e. The first-order valence-electron chi connectivity index (χ1n) is 10.9. The molecule has 1 unspecified atom stereocenters. The second kappa shape index (κ2) is 11.3. The molecule has 1 aromatic heterocycles. The van der Waals surface area contributed by atoms with Crippen molar-refractivity contribution in [2.45, 2.75) is 38.3 Å². The summed E-state index contributed by atoms with van der Waals surface area (Å²) in [6, 6.07) is 11.5. The third-order valence-corrected chi connectivity index (χ3v) is 5.58. The van der Waals surface area contributed by atoms with Gasteiger partial charge in [-0.1, -0.05) is 36.4 Å². The number of benzene rings is 1. The molecule has 3 rings (SSSR count). The second-order valence-corrected chi connectivity index (χ2v) is 7.80. The molecule has 2 aromatic rings. The van der Waals surface area contributed by atoms with Gasteiger partial charge in [0, 0.05) is 32.9 Å². The third-order valence-electron chi connectivity index (χ3n) is 5.58. The lowest BCUT2D eigenvalue weighted by Crippen LogP contribution is -2.44. The summed E-state index contributed by atoms with van der Waals surface area (Å²) in [6.45, 7) is 2.75. The number of nitrogens with zero attached hydrogens (tertiary/aromatic N) is 4. The van der Waals surface area contributed by atoms with Crippen LogP contribution in [0.5, 0.6) is 6.01 Å². The molecule has 170 valence electrons. The van der Waals surface area contributed by atoms with E-state index >= 15 is 0 Å². The van der Waals surface area contributed by atoms with Gasteiger partial charge in [-0.2, -0.15) is 4.98 Å². The van der Waals surface area contributed by atoms with Crippen LogP contribution in [0.4, 0.5) is 0 Å². The zero-order chi connectivity index (χ0) is 22.9. The summed E-state index contributed by atoms with van der Waals surface area (Å²) in [6.07, 6.45) is 7.45. The summed E-state index contributed by atoms with van der Waals surface area (Å²) < 4.78 is 5.33. The molecule has 8 heteroatoms. The lowest BCUT2D eigenvalue weighted by atomic mass is 10.0. The smallest absolute Gasteiger partial charge is 0.317 e. The lowest BCUT2D eigenvalue weighted by molar-refractivity contribution is -0.124. The quantitative estimate of drug-likeness (QED) is 0.614. The average molecular weight is 438 g/mol. The number of rotatable bonds is 10. The molecule has 0 aliphatic carbocycles. The highest BCUT2D eigenvalue weighted by Crippen LogP contribution is 2.15. The Labute approximate surface area is 189 Å². The first kappa shape index (κ1) is 23.2. The second-order valence-electron chi connectivity index (χ2n) is 7.80. The van der Waals surface area contributed by atoms with Gasteiger partial charge >= 0.3 is 6.01 Å². The van der Waals surface area contributed by atoms with Gasteiger partial charge in [-0.3, -0.25) is 9.59 Å². The van der Waals surface area contributed by atoms with Gasteiger partial charge in [0.1, 0.15) is 11.7 Å². The maximum atomic E-state index is 13.2. The fraction of sp³-hybridized carbons (Fsp3) is 0.417. The number of likely N-dealkylation sites (N-methyl/N-ethyl adjacent to an activating group) is 2. The summed E-state index contributed by atoms with van der Waals surface area (Å²) in [5.74, 6) is -0.206. The fourth-order valence-electron chi connectivity index (χ4n) is 3.72. The average Bonchev–Trinajstić information content (AvgIpc) is 3.24. The normalized spacial score (nSPS) is 16.0. The summed E-state index contributed by atoms with van der Waals surface area (Å²) >= 11 is 0. The molecule has 0 fully saturated rings. The minimum Gasteiger partial charge on any atom is -0.464 e. The van der Waals surface area contributed by atoms with Gasteiger partial charge in [0.25, 0.3) is 5.91 Å². The van der Waals surface area contributed by atoms with E-state index in [0.717, 1.165) is 5.56 Å². The van der Waals surface area contributed by atoms with Crippen LogP contribution in [0.15, 0.2) is 54.9 Å². The molecule has 1 aliphatic heterocycles. The molecule has 0 radical (unpaired) electrons. The Bertz CT molecular complexity index is 934. The SMILES string of the molecule is CCOc1nccc(C(=O)N(C)[C@H](CCNC(=O)C2CC=CN2C)Cc2ccccc2)n1. The van der Waals surface area contributed by atoms with E-state index in [2.05, 4.69) is 15.3 Å². The van der Waals surface area contributed by atoms with Crippen molar-refractivity contribution < 1.29 is 14.3 Å². The van der Waals surface area contributed by atoms with E-state index in [1.807, 2.05) is 61.5 Å². The van der Waals surface area contributed by atoms with Crippen LogP contribution in [0.1, 0.15) is 35.8 Å². The topological polar surface area (TPSA) is 87.7 Å². The molecular formula is C24H31N5O3. The highest BCUT2D eigenvalue weighted by Gasteiger charge is 2.26. The van der Waals surface area contributed by atoms with Gasteiger partial charge in [0.2, 0.25) is 5.91 Å². The summed E-state index contributed by atoms with van der Waals surface area (Å²) in [4.78, 5) is 37.6. The number of carbonyl (C=O) groups is 2. The van der Waals surface area contributed by atoms with E-state index in [4.69, 9.17) is 4.74 Å². The molecule has 1 aliphatic rings. The molecule has 0 saturated carbocycles. The minimum absolute atomic E-state index is 0.00194. The number of amides is 2. The number of hydrogen-bond acceptors (Lipinski definition) is 6. The van der Waals surface area contributed by atoms with E-state index in [-0.39, 0.29) is 35.6 Å². The predicted octanol–water partition coefficient (Wildman–Crippen LogP) is 2.28. The summed E-state index contributed by atoms with van der Waals surface area (Å²) in [5.41, 5.74) is 1.41. The van der Waals surface area contributed by atoms with Crippen LogP contribution in [0.25, 0.3) is 0 Å². The Hall–Kier alpha value is -3.42. The van der Waals surface area contributed by atoms with Crippen LogP contribution < -0.4 is 10.1 Å². The van der Waals surface area contributed by atoms with E-state index in [1.54, 1.807) is 18.0 Å². The van der Waals surface area contributed by atoms with Gasteiger partial charge < -0.3 is 19.9 Å². The monoisotopic (exact) mass is 437 g/mol. The highest BCUT2D eigenvalue weighted by atomic mass is 16.5. The first-order valence-corrected chi connectivity index (χ1v) is 10.9. The number of carbonyl (C=O) groups excluding carboxylic acids is 2. The van der Waals surface area contributed by atoms with Crippen LogP contribution in [-0.4, -0.2) is 70.9 Å². The Morgan fingerprint density at radius 3 is 2.75 bits per heavy atom. The number of nitrogens with one attached hydrogen (secondary N) is 1. The Morgan fingerprint density at radius 2 is 2.06 bits per heavy atom. The third kappa shape index (κ3) is 6.06. The van der Waals surface area contributed by atoms with Crippen LogP contribution in [0, 0.1) is 0 Å². The van der Waals surface area contributed by atoms with Crippen LogP contribution in [0.2, 0.25) is 0 Å². The van der Waals surface area contributed by atoms with Crippen molar-refractivity contribution in [2.24, 2.45) is 0 Å². The Balaban J connectivity index is 1.68. The van der Waals surface area contributed by atoms with E-state index in [0.29, 0.717) is 32.4 Å². The molecule has 0 saturated heterocycles. The predicted molar refractivity (Wildman–Crippen MR) is 122 cm³/mol. The molecule has 2 atom stereocenters. The lowest BCUT2D eigenvalue weighted by Gasteiger charge is -2.29. The summed E-state index contributed by atoms with van der Waals surface area (Å²) in [7, 11) is 3.67. The first-order chi connectivity index (χ1) is 15.5. The molecule has 1 aromatic carbocycles. The van der Waals surface area contributed by atoms with E-state index in [1.165, 1.54) is 6.20 Å².